The molecule has 1 heterocycles. The molecule has 0 saturated carbocycles. The van der Waals surface area contributed by atoms with E-state index in [9.17, 15) is 30.3 Å². The van der Waals surface area contributed by atoms with Crippen LogP contribution in [0.2, 0.25) is 0 Å². The zero-order valence-electron chi connectivity index (χ0n) is 39.5. The lowest BCUT2D eigenvalue weighted by molar-refractivity contribution is -0.302. The molecule has 7 atom stereocenters. The zero-order chi connectivity index (χ0) is 46.6. The van der Waals surface area contributed by atoms with E-state index in [1.54, 1.807) is 6.08 Å². The summed E-state index contributed by atoms with van der Waals surface area (Å²) in [5, 5.41) is 53.9. The van der Waals surface area contributed by atoms with Gasteiger partial charge in [-0.1, -0.05) is 180 Å². The smallest absolute Gasteiger partial charge is 0.220 e. The Balaban J connectivity index is 2.22. The molecule has 6 N–H and O–H groups in total. The van der Waals surface area contributed by atoms with Crippen molar-refractivity contribution in [2.75, 3.05) is 13.2 Å². The number of allylic oxidation sites excluding steroid dienone is 21. The number of carbonyl (C=O) groups excluding carboxylic acids is 1. The van der Waals surface area contributed by atoms with Gasteiger partial charge in [-0.15, -0.1) is 0 Å². The van der Waals surface area contributed by atoms with Gasteiger partial charge in [0.1, 0.15) is 24.4 Å². The van der Waals surface area contributed by atoms with E-state index in [2.05, 4.69) is 141 Å². The van der Waals surface area contributed by atoms with Crippen LogP contribution in [0.1, 0.15) is 149 Å². The summed E-state index contributed by atoms with van der Waals surface area (Å²) >= 11 is 0. The fourth-order valence-corrected chi connectivity index (χ4v) is 6.56. The van der Waals surface area contributed by atoms with Crippen LogP contribution < -0.4 is 5.32 Å². The number of aliphatic hydroxyl groups excluding tert-OH is 5. The second-order valence-electron chi connectivity index (χ2n) is 16.2. The first-order chi connectivity index (χ1) is 31.3. The Morgan fingerprint density at radius 1 is 0.547 bits per heavy atom. The van der Waals surface area contributed by atoms with E-state index < -0.39 is 49.5 Å². The molecule has 0 aromatic heterocycles. The van der Waals surface area contributed by atoms with Crippen LogP contribution in [0.3, 0.4) is 0 Å². The lowest BCUT2D eigenvalue weighted by Gasteiger charge is -2.40. The van der Waals surface area contributed by atoms with Crippen LogP contribution in [0.4, 0.5) is 0 Å². The first kappa shape index (κ1) is 58.3. The number of aliphatic hydroxyl groups is 5. The molecular formula is C55H87NO8. The van der Waals surface area contributed by atoms with Crippen LogP contribution in [-0.4, -0.2) is 87.5 Å². The van der Waals surface area contributed by atoms with Gasteiger partial charge in [-0.3, -0.25) is 4.79 Å². The average Bonchev–Trinajstić information content (AvgIpc) is 3.29. The molecule has 7 unspecified atom stereocenters. The Labute approximate surface area is 388 Å². The summed E-state index contributed by atoms with van der Waals surface area (Å²) in [6.45, 7) is 3.52. The van der Waals surface area contributed by atoms with Gasteiger partial charge in [0, 0.05) is 6.42 Å². The van der Waals surface area contributed by atoms with E-state index in [4.69, 9.17) is 9.47 Å². The van der Waals surface area contributed by atoms with Crippen LogP contribution in [0, 0.1) is 0 Å². The number of unbranched alkanes of at least 4 members (excludes halogenated alkanes) is 8. The van der Waals surface area contributed by atoms with Crippen molar-refractivity contribution in [3.8, 4) is 0 Å². The third-order valence-corrected chi connectivity index (χ3v) is 10.5. The van der Waals surface area contributed by atoms with Crippen molar-refractivity contribution in [3.05, 3.63) is 134 Å². The Kier molecular flexibility index (Phi) is 39.4. The summed E-state index contributed by atoms with van der Waals surface area (Å²) in [6.07, 6.45) is 59.6. The molecule has 64 heavy (non-hydrogen) atoms. The van der Waals surface area contributed by atoms with E-state index in [1.807, 2.05) is 6.08 Å². The summed E-state index contributed by atoms with van der Waals surface area (Å²) in [5.41, 5.74) is 0. The Morgan fingerprint density at radius 3 is 1.50 bits per heavy atom. The summed E-state index contributed by atoms with van der Waals surface area (Å²) in [4.78, 5) is 12.9. The zero-order valence-corrected chi connectivity index (χ0v) is 39.5. The molecule has 1 amide bonds. The third-order valence-electron chi connectivity index (χ3n) is 10.5. The quantitative estimate of drug-likeness (QED) is 0.0265. The standard InChI is InChI=1S/C55H87NO8/c1-3-5-7-9-11-13-14-15-16-17-18-19-20-21-22-23-24-25-26-27-28-29-30-31-32-33-34-35-36-37-39-41-43-45-51(59)56-48(49(58)44-42-40-38-12-10-8-6-4-2)47-63-55-54(62)53(61)52(60)50(46-57)64-55/h5,7,10-13,15-16,18-19,21-22,24-25,27-28,30-31,33-34,42,44,48-50,52-55,57-58,60-62H,3-4,6,8-9,14,17,20,23,26,29,32,35-41,43,45-47H2,1-2H3,(H,56,59)/b7-5-,12-10+,13-11-,16-15-,19-18-,22-21-,25-24-,28-27-,31-30-,34-33-,44-42+. The average molecular weight is 890 g/mol. The van der Waals surface area contributed by atoms with Gasteiger partial charge in [-0.05, 0) is 96.3 Å². The summed E-state index contributed by atoms with van der Waals surface area (Å²) in [7, 11) is 0. The van der Waals surface area contributed by atoms with E-state index in [0.717, 1.165) is 128 Å². The molecule has 1 aliphatic heterocycles. The number of hydrogen-bond acceptors (Lipinski definition) is 8. The van der Waals surface area contributed by atoms with Crippen LogP contribution in [0.25, 0.3) is 0 Å². The SMILES string of the molecule is CC/C=C\C/C=C\C/C=C\C/C=C\C/C=C\C/C=C\C/C=C\C/C=C\C/C=C\CCCCCCCC(=O)NC(COC1OC(CO)C(O)C(O)C1O)C(O)/C=C/CC/C=C/CCCC. The van der Waals surface area contributed by atoms with Crippen molar-refractivity contribution < 1.29 is 39.8 Å². The van der Waals surface area contributed by atoms with Gasteiger partial charge in [0.2, 0.25) is 5.91 Å². The number of ether oxygens (including phenoxy) is 2. The highest BCUT2D eigenvalue weighted by Crippen LogP contribution is 2.22. The molecule has 0 spiro atoms. The molecule has 0 aliphatic carbocycles. The molecule has 0 radical (unpaired) electrons. The van der Waals surface area contributed by atoms with E-state index >= 15 is 0 Å². The second kappa shape index (κ2) is 43.2. The molecule has 0 aromatic rings. The van der Waals surface area contributed by atoms with E-state index in [0.29, 0.717) is 6.42 Å². The fourth-order valence-electron chi connectivity index (χ4n) is 6.56. The molecule has 0 bridgehead atoms. The van der Waals surface area contributed by atoms with Crippen molar-refractivity contribution in [3.63, 3.8) is 0 Å². The van der Waals surface area contributed by atoms with E-state index in [-0.39, 0.29) is 12.5 Å². The third kappa shape index (κ3) is 32.9. The van der Waals surface area contributed by atoms with Gasteiger partial charge in [0.15, 0.2) is 6.29 Å². The number of rotatable bonds is 38. The summed E-state index contributed by atoms with van der Waals surface area (Å²) in [6, 6.07) is -0.840. The highest BCUT2D eigenvalue weighted by Gasteiger charge is 2.44. The summed E-state index contributed by atoms with van der Waals surface area (Å²) < 4.78 is 11.1. The molecule has 1 rings (SSSR count). The van der Waals surface area contributed by atoms with Gasteiger partial charge < -0.3 is 40.3 Å². The van der Waals surface area contributed by atoms with Crippen LogP contribution in [0.5, 0.6) is 0 Å². The Bertz CT molecular complexity index is 1450. The van der Waals surface area contributed by atoms with Crippen molar-refractivity contribution in [2.24, 2.45) is 0 Å². The predicted molar refractivity (Wildman–Crippen MR) is 267 cm³/mol. The molecule has 9 nitrogen and oxygen atoms in total. The number of amides is 1. The normalized spacial score (nSPS) is 21.3. The van der Waals surface area contributed by atoms with Gasteiger partial charge in [0.25, 0.3) is 0 Å². The Morgan fingerprint density at radius 2 is 0.984 bits per heavy atom. The maximum Gasteiger partial charge on any atom is 0.220 e. The molecule has 9 heteroatoms. The van der Waals surface area contributed by atoms with Crippen LogP contribution in [-0.2, 0) is 14.3 Å². The van der Waals surface area contributed by atoms with Gasteiger partial charge in [-0.25, -0.2) is 0 Å². The predicted octanol–water partition coefficient (Wildman–Crippen LogP) is 11.0. The lowest BCUT2D eigenvalue weighted by Crippen LogP contribution is -2.60. The van der Waals surface area contributed by atoms with Crippen LogP contribution in [0.15, 0.2) is 134 Å². The van der Waals surface area contributed by atoms with E-state index in [1.165, 1.54) is 0 Å². The molecule has 360 valence electrons. The lowest BCUT2D eigenvalue weighted by atomic mass is 9.99. The molecule has 0 aromatic carbocycles. The van der Waals surface area contributed by atoms with Crippen LogP contribution >= 0.6 is 0 Å². The van der Waals surface area contributed by atoms with Gasteiger partial charge >= 0.3 is 0 Å². The maximum absolute atomic E-state index is 12.9. The monoisotopic (exact) mass is 890 g/mol. The minimum atomic E-state index is -1.58. The van der Waals surface area contributed by atoms with Crippen molar-refractivity contribution in [1.29, 1.82) is 0 Å². The van der Waals surface area contributed by atoms with Gasteiger partial charge in [0.05, 0.1) is 25.4 Å². The fraction of sp³-hybridized carbons (Fsp3) is 0.582. The minimum Gasteiger partial charge on any atom is -0.394 e. The molecule has 1 aliphatic rings. The van der Waals surface area contributed by atoms with Crippen molar-refractivity contribution in [2.45, 2.75) is 192 Å². The number of carbonyl (C=O) groups is 1. The highest BCUT2D eigenvalue weighted by atomic mass is 16.7. The first-order valence-corrected chi connectivity index (χ1v) is 24.4. The maximum atomic E-state index is 12.9. The summed E-state index contributed by atoms with van der Waals surface area (Å²) in [5.74, 6) is -0.218. The topological polar surface area (TPSA) is 149 Å². The number of hydrogen-bond donors (Lipinski definition) is 6. The minimum absolute atomic E-state index is 0.218. The highest BCUT2D eigenvalue weighted by molar-refractivity contribution is 5.76. The largest absolute Gasteiger partial charge is 0.394 e. The first-order valence-electron chi connectivity index (χ1n) is 24.4. The molecular weight excluding hydrogens is 803 g/mol. The molecule has 1 saturated heterocycles. The van der Waals surface area contributed by atoms with Crippen molar-refractivity contribution >= 4 is 5.91 Å². The number of nitrogens with one attached hydrogen (secondary N) is 1. The second-order valence-corrected chi connectivity index (χ2v) is 16.2. The Hall–Kier alpha value is -3.67. The van der Waals surface area contributed by atoms with Gasteiger partial charge in [-0.2, -0.15) is 0 Å². The van der Waals surface area contributed by atoms with Crippen molar-refractivity contribution in [1.82, 2.24) is 5.32 Å². The molecule has 1 fully saturated rings.